The second-order valence-electron chi connectivity index (χ2n) is 3.65. The maximum atomic E-state index is 11.9. The van der Waals surface area contributed by atoms with Crippen molar-refractivity contribution < 1.29 is 4.79 Å². The summed E-state index contributed by atoms with van der Waals surface area (Å²) >= 11 is 0. The Hall–Kier alpha value is -2.53. The predicted octanol–water partition coefficient (Wildman–Crippen LogP) is 1.76. The van der Waals surface area contributed by atoms with E-state index in [4.69, 9.17) is 5.53 Å². The predicted molar refractivity (Wildman–Crippen MR) is 66.2 cm³/mol. The van der Waals surface area contributed by atoms with Crippen LogP contribution in [0, 0.1) is 0 Å². The molecule has 0 fully saturated rings. The van der Waals surface area contributed by atoms with Crippen molar-refractivity contribution in [3.05, 3.63) is 46.6 Å². The van der Waals surface area contributed by atoms with Crippen LogP contribution in [0.3, 0.4) is 0 Å². The second kappa shape index (κ2) is 5.70. The quantitative estimate of drug-likeness (QED) is 0.375. The second-order valence-corrected chi connectivity index (χ2v) is 3.65. The van der Waals surface area contributed by atoms with Gasteiger partial charge in [0, 0.05) is 24.2 Å². The fourth-order valence-electron chi connectivity index (χ4n) is 1.60. The molecule has 1 amide bonds. The van der Waals surface area contributed by atoms with Gasteiger partial charge >= 0.3 is 0 Å². The van der Waals surface area contributed by atoms with E-state index in [0.29, 0.717) is 25.1 Å². The van der Waals surface area contributed by atoms with Gasteiger partial charge in [-0.25, -0.2) is 4.52 Å². The summed E-state index contributed by atoms with van der Waals surface area (Å²) in [6, 6.07) is 5.54. The molecule has 0 unspecified atom stereocenters. The average Bonchev–Trinajstić information content (AvgIpc) is 2.82. The summed E-state index contributed by atoms with van der Waals surface area (Å²) in [5, 5.41) is 10.2. The Morgan fingerprint density at radius 1 is 1.56 bits per heavy atom. The highest BCUT2D eigenvalue weighted by Gasteiger charge is 2.10. The van der Waals surface area contributed by atoms with E-state index in [0.717, 1.165) is 5.52 Å². The minimum Gasteiger partial charge on any atom is -0.352 e. The summed E-state index contributed by atoms with van der Waals surface area (Å²) in [6.07, 6.45) is 3.95. The summed E-state index contributed by atoms with van der Waals surface area (Å²) < 4.78 is 1.65. The van der Waals surface area contributed by atoms with Crippen molar-refractivity contribution in [2.75, 3.05) is 13.1 Å². The topological polar surface area (TPSA) is 95.2 Å². The lowest BCUT2D eigenvalue weighted by atomic mass is 10.2. The van der Waals surface area contributed by atoms with Crippen molar-refractivity contribution >= 4 is 11.4 Å². The van der Waals surface area contributed by atoms with Gasteiger partial charge < -0.3 is 5.32 Å². The Labute approximate surface area is 103 Å². The molecule has 0 aliphatic heterocycles. The Kier molecular flexibility index (Phi) is 3.78. The number of hydrogen-bond donors (Lipinski definition) is 1. The lowest BCUT2D eigenvalue weighted by Gasteiger charge is -2.02. The Morgan fingerprint density at radius 3 is 3.28 bits per heavy atom. The average molecular weight is 244 g/mol. The molecule has 0 radical (unpaired) electrons. The lowest BCUT2D eigenvalue weighted by molar-refractivity contribution is 0.0955. The molecule has 1 N–H and O–H groups in total. The van der Waals surface area contributed by atoms with Crippen molar-refractivity contribution in [2.24, 2.45) is 5.11 Å². The fourth-order valence-corrected chi connectivity index (χ4v) is 1.60. The van der Waals surface area contributed by atoms with Crippen molar-refractivity contribution in [1.29, 1.82) is 0 Å². The van der Waals surface area contributed by atoms with E-state index in [1.807, 2.05) is 18.2 Å². The number of nitrogens with one attached hydrogen (secondary N) is 1. The number of fused-ring (bicyclic) bond motifs is 1. The normalized spacial score (nSPS) is 10.0. The third-order valence-corrected chi connectivity index (χ3v) is 2.45. The largest absolute Gasteiger partial charge is 0.352 e. The van der Waals surface area contributed by atoms with Gasteiger partial charge in [0.25, 0.3) is 5.91 Å². The summed E-state index contributed by atoms with van der Waals surface area (Å²) in [5.74, 6) is -0.169. The van der Waals surface area contributed by atoms with E-state index >= 15 is 0 Å². The van der Waals surface area contributed by atoms with E-state index in [1.54, 1.807) is 10.7 Å². The molecule has 2 rings (SSSR count). The summed E-state index contributed by atoms with van der Waals surface area (Å²) in [5.41, 5.74) is 9.41. The minimum atomic E-state index is -0.169. The molecule has 0 saturated heterocycles. The number of azide groups is 1. The van der Waals surface area contributed by atoms with E-state index in [2.05, 4.69) is 20.4 Å². The highest BCUT2D eigenvalue weighted by molar-refractivity contribution is 6.00. The molecule has 2 aromatic heterocycles. The molecule has 0 spiro atoms. The molecule has 0 aliphatic carbocycles. The monoisotopic (exact) mass is 244 g/mol. The highest BCUT2D eigenvalue weighted by Crippen LogP contribution is 2.09. The maximum Gasteiger partial charge on any atom is 0.255 e. The van der Waals surface area contributed by atoms with Crippen LogP contribution < -0.4 is 5.32 Å². The van der Waals surface area contributed by atoms with Gasteiger partial charge in [0.2, 0.25) is 0 Å². The molecule has 2 heterocycles. The number of nitrogens with zero attached hydrogens (tertiary/aromatic N) is 5. The molecule has 0 bridgehead atoms. The highest BCUT2D eigenvalue weighted by atomic mass is 16.1. The molecule has 2 aromatic rings. The van der Waals surface area contributed by atoms with Crippen LogP contribution >= 0.6 is 0 Å². The molecule has 18 heavy (non-hydrogen) atoms. The number of pyridine rings is 1. The van der Waals surface area contributed by atoms with Crippen molar-refractivity contribution in [3.63, 3.8) is 0 Å². The summed E-state index contributed by atoms with van der Waals surface area (Å²) in [6.45, 7) is 0.855. The van der Waals surface area contributed by atoms with Gasteiger partial charge in [-0.05, 0) is 24.1 Å². The van der Waals surface area contributed by atoms with Gasteiger partial charge in [0.15, 0.2) is 0 Å². The van der Waals surface area contributed by atoms with Crippen molar-refractivity contribution in [2.45, 2.75) is 6.42 Å². The molecule has 92 valence electrons. The van der Waals surface area contributed by atoms with Crippen molar-refractivity contribution in [3.8, 4) is 0 Å². The van der Waals surface area contributed by atoms with Crippen LogP contribution in [-0.2, 0) is 0 Å². The van der Waals surface area contributed by atoms with Crippen LogP contribution in [-0.4, -0.2) is 28.6 Å². The molecule has 0 aromatic carbocycles. The van der Waals surface area contributed by atoms with Gasteiger partial charge in [-0.2, -0.15) is 5.10 Å². The molecule has 0 saturated carbocycles. The third-order valence-electron chi connectivity index (χ3n) is 2.45. The van der Waals surface area contributed by atoms with Gasteiger partial charge in [-0.3, -0.25) is 4.79 Å². The lowest BCUT2D eigenvalue weighted by Crippen LogP contribution is -2.24. The van der Waals surface area contributed by atoms with Gasteiger partial charge in [-0.15, -0.1) is 0 Å². The van der Waals surface area contributed by atoms with E-state index < -0.39 is 0 Å². The SMILES string of the molecule is [N-]=[N+]=NCCCNC(=O)c1cnn2ccccc12. The maximum absolute atomic E-state index is 11.9. The summed E-state index contributed by atoms with van der Waals surface area (Å²) in [4.78, 5) is 14.5. The Morgan fingerprint density at radius 2 is 2.44 bits per heavy atom. The smallest absolute Gasteiger partial charge is 0.255 e. The fraction of sp³-hybridized carbons (Fsp3) is 0.273. The van der Waals surface area contributed by atoms with Gasteiger partial charge in [0.05, 0.1) is 17.3 Å². The molecule has 7 nitrogen and oxygen atoms in total. The molecular weight excluding hydrogens is 232 g/mol. The van der Waals surface area contributed by atoms with Crippen LogP contribution in [0.1, 0.15) is 16.8 Å². The standard InChI is InChI=1S/C11H12N6O/c12-16-14-6-3-5-13-11(18)9-8-15-17-7-2-1-4-10(9)17/h1-2,4,7-8H,3,5-6H2,(H,13,18). The van der Waals surface area contributed by atoms with E-state index in [1.165, 1.54) is 6.20 Å². The third kappa shape index (κ3) is 2.58. The first-order valence-corrected chi connectivity index (χ1v) is 5.54. The van der Waals surface area contributed by atoms with Crippen LogP contribution in [0.5, 0.6) is 0 Å². The molecular formula is C11H12N6O. The van der Waals surface area contributed by atoms with Gasteiger partial charge in [-0.1, -0.05) is 11.2 Å². The Balaban J connectivity index is 1.98. The number of rotatable bonds is 5. The van der Waals surface area contributed by atoms with Crippen molar-refractivity contribution in [1.82, 2.24) is 14.9 Å². The zero-order valence-corrected chi connectivity index (χ0v) is 9.65. The zero-order valence-electron chi connectivity index (χ0n) is 9.65. The molecule has 0 aliphatic rings. The van der Waals surface area contributed by atoms with E-state index in [-0.39, 0.29) is 5.91 Å². The number of carbonyl (C=O) groups is 1. The van der Waals surface area contributed by atoms with Crippen LogP contribution in [0.15, 0.2) is 35.7 Å². The first-order chi connectivity index (χ1) is 8.83. The number of aromatic nitrogens is 2. The zero-order chi connectivity index (χ0) is 12.8. The minimum absolute atomic E-state index is 0.169. The number of carbonyl (C=O) groups excluding carboxylic acids is 1. The Bertz CT molecular complexity index is 598. The van der Waals surface area contributed by atoms with Crippen LogP contribution in [0.2, 0.25) is 0 Å². The number of hydrogen-bond acceptors (Lipinski definition) is 3. The molecule has 0 atom stereocenters. The first kappa shape index (κ1) is 11.9. The van der Waals surface area contributed by atoms with Gasteiger partial charge in [0.1, 0.15) is 0 Å². The molecule has 7 heteroatoms. The summed E-state index contributed by atoms with van der Waals surface area (Å²) in [7, 11) is 0. The van der Waals surface area contributed by atoms with Crippen LogP contribution in [0.25, 0.3) is 16.0 Å². The van der Waals surface area contributed by atoms with E-state index in [9.17, 15) is 4.79 Å². The van der Waals surface area contributed by atoms with Crippen LogP contribution in [0.4, 0.5) is 0 Å². The first-order valence-electron chi connectivity index (χ1n) is 5.54. The number of amides is 1.